The largest absolute Gasteiger partial charge is 0.493 e. The number of para-hydroxylation sites is 1. The molecule has 0 aliphatic rings. The van der Waals surface area contributed by atoms with Crippen molar-refractivity contribution in [2.75, 3.05) is 14.2 Å². The van der Waals surface area contributed by atoms with Gasteiger partial charge in [0.25, 0.3) is 11.2 Å². The van der Waals surface area contributed by atoms with E-state index in [0.29, 0.717) is 33.8 Å². The molecule has 194 valence electrons. The molecule has 5 rings (SSSR count). The summed E-state index contributed by atoms with van der Waals surface area (Å²) in [5.74, 6) is 1.30. The summed E-state index contributed by atoms with van der Waals surface area (Å²) in [7, 11) is 2.91. The van der Waals surface area contributed by atoms with Crippen molar-refractivity contribution in [2.45, 2.75) is 0 Å². The van der Waals surface area contributed by atoms with Crippen molar-refractivity contribution in [3.63, 3.8) is 0 Å². The summed E-state index contributed by atoms with van der Waals surface area (Å²) in [6.45, 7) is 0. The van der Waals surface area contributed by atoms with Gasteiger partial charge in [0.15, 0.2) is 17.3 Å². The maximum Gasteiger partial charge on any atom is 0.287 e. The molecule has 0 aliphatic heterocycles. The maximum absolute atomic E-state index is 13.4. The Kier molecular flexibility index (Phi) is 6.95. The molecule has 0 spiro atoms. The summed E-state index contributed by atoms with van der Waals surface area (Å²) in [6.07, 6.45) is 2.58. The Labute approximate surface area is 221 Å². The summed E-state index contributed by atoms with van der Waals surface area (Å²) in [5, 5.41) is 15.8. The van der Waals surface area contributed by atoms with Crippen LogP contribution in [0, 0.1) is 10.1 Å². The number of methoxy groups -OCH3 is 2. The van der Waals surface area contributed by atoms with Gasteiger partial charge in [0.1, 0.15) is 6.20 Å². The fourth-order valence-corrected chi connectivity index (χ4v) is 3.85. The molecule has 2 heterocycles. The van der Waals surface area contributed by atoms with Gasteiger partial charge in [-0.3, -0.25) is 14.9 Å². The van der Waals surface area contributed by atoms with E-state index in [1.54, 1.807) is 30.3 Å². The van der Waals surface area contributed by atoms with Crippen molar-refractivity contribution in [3.05, 3.63) is 111 Å². The molecule has 0 saturated carbocycles. The van der Waals surface area contributed by atoms with E-state index in [0.717, 1.165) is 11.8 Å². The Morgan fingerprint density at radius 3 is 2.28 bits per heavy atom. The molecule has 3 aromatic carbocycles. The first-order valence-electron chi connectivity index (χ1n) is 11.6. The van der Waals surface area contributed by atoms with Crippen molar-refractivity contribution in [1.82, 2.24) is 14.6 Å². The lowest BCUT2D eigenvalue weighted by atomic mass is 10.2. The second kappa shape index (κ2) is 10.8. The highest BCUT2D eigenvalue weighted by Crippen LogP contribution is 2.40. The second-order valence-corrected chi connectivity index (χ2v) is 8.15. The standard InChI is InChI=1S/C28H21N5O6/c1-37-23-14-18(15-24(38-2)26(23)39-25-13-12-20(17-29-25)33(35)36)16-30-32-27(19-8-4-3-5-9-19)31-22-11-7-6-10-21(22)28(32)34/h3-17H,1-2H3. The molecule has 0 saturated heterocycles. The number of hydrogen-bond acceptors (Lipinski definition) is 9. The minimum absolute atomic E-state index is 0.111. The summed E-state index contributed by atoms with van der Waals surface area (Å²) in [4.78, 5) is 32.4. The van der Waals surface area contributed by atoms with Gasteiger partial charge in [-0.2, -0.15) is 9.78 Å². The van der Waals surface area contributed by atoms with E-state index in [1.165, 1.54) is 37.2 Å². The van der Waals surface area contributed by atoms with Gasteiger partial charge in [-0.05, 0) is 24.3 Å². The van der Waals surface area contributed by atoms with E-state index < -0.39 is 4.92 Å². The van der Waals surface area contributed by atoms with Gasteiger partial charge >= 0.3 is 0 Å². The number of fused-ring (bicyclic) bond motifs is 1. The molecule has 39 heavy (non-hydrogen) atoms. The maximum atomic E-state index is 13.4. The lowest BCUT2D eigenvalue weighted by Gasteiger charge is -2.14. The van der Waals surface area contributed by atoms with E-state index >= 15 is 0 Å². The molecule has 0 aliphatic carbocycles. The molecule has 0 radical (unpaired) electrons. The first-order chi connectivity index (χ1) is 19.0. The summed E-state index contributed by atoms with van der Waals surface area (Å²) in [5.41, 5.74) is 1.36. The molecule has 0 N–H and O–H groups in total. The van der Waals surface area contributed by atoms with Crippen LogP contribution in [0.15, 0.2) is 95.0 Å². The molecule has 0 unspecified atom stereocenters. The normalized spacial score (nSPS) is 11.0. The Balaban J connectivity index is 1.56. The van der Waals surface area contributed by atoms with Crippen LogP contribution in [-0.4, -0.2) is 40.0 Å². The van der Waals surface area contributed by atoms with Crippen LogP contribution < -0.4 is 19.8 Å². The van der Waals surface area contributed by atoms with Gasteiger partial charge in [-0.15, -0.1) is 0 Å². The van der Waals surface area contributed by atoms with E-state index in [9.17, 15) is 14.9 Å². The molecule has 0 bridgehead atoms. The van der Waals surface area contributed by atoms with Crippen molar-refractivity contribution < 1.29 is 19.1 Å². The van der Waals surface area contributed by atoms with Crippen LogP contribution in [0.3, 0.4) is 0 Å². The van der Waals surface area contributed by atoms with Crippen molar-refractivity contribution >= 4 is 22.8 Å². The monoisotopic (exact) mass is 523 g/mol. The minimum Gasteiger partial charge on any atom is -0.493 e. The molecule has 2 aromatic heterocycles. The van der Waals surface area contributed by atoms with Crippen LogP contribution in [-0.2, 0) is 0 Å². The second-order valence-electron chi connectivity index (χ2n) is 8.15. The number of aromatic nitrogens is 3. The van der Waals surface area contributed by atoms with Crippen molar-refractivity contribution in [1.29, 1.82) is 0 Å². The topological polar surface area (TPSA) is 131 Å². The molecule has 0 amide bonds. The molecular formula is C28H21N5O6. The summed E-state index contributed by atoms with van der Waals surface area (Å²) in [6, 6.07) is 22.3. The molecule has 11 heteroatoms. The number of ether oxygens (including phenoxy) is 3. The predicted octanol–water partition coefficient (Wildman–Crippen LogP) is 5.06. The third-order valence-electron chi connectivity index (χ3n) is 5.73. The Hall–Kier alpha value is -5.58. The number of hydrogen-bond donors (Lipinski definition) is 0. The van der Waals surface area contributed by atoms with Gasteiger partial charge in [-0.1, -0.05) is 42.5 Å². The van der Waals surface area contributed by atoms with Crippen LogP contribution >= 0.6 is 0 Å². The number of nitro groups is 1. The minimum atomic E-state index is -0.550. The SMILES string of the molecule is COc1cc(C=Nn2c(-c3ccccc3)nc3ccccc3c2=O)cc(OC)c1Oc1ccc([N+](=O)[O-])cn1. The zero-order valence-corrected chi connectivity index (χ0v) is 20.8. The highest BCUT2D eigenvalue weighted by atomic mass is 16.6. The quantitative estimate of drug-likeness (QED) is 0.157. The third kappa shape index (κ3) is 5.14. The number of benzene rings is 3. The third-order valence-corrected chi connectivity index (χ3v) is 5.73. The van der Waals surface area contributed by atoms with Gasteiger partial charge in [0, 0.05) is 23.3 Å². The Bertz CT molecular complexity index is 1730. The van der Waals surface area contributed by atoms with Crippen LogP contribution in [0.2, 0.25) is 0 Å². The van der Waals surface area contributed by atoms with E-state index in [4.69, 9.17) is 19.2 Å². The average Bonchev–Trinajstić information content (AvgIpc) is 2.97. The van der Waals surface area contributed by atoms with Crippen LogP contribution in [0.1, 0.15) is 5.56 Å². The first kappa shape index (κ1) is 25.1. The van der Waals surface area contributed by atoms with Crippen LogP contribution in [0.25, 0.3) is 22.3 Å². The molecule has 0 atom stereocenters. The lowest BCUT2D eigenvalue weighted by molar-refractivity contribution is -0.385. The van der Waals surface area contributed by atoms with E-state index in [1.807, 2.05) is 36.4 Å². The van der Waals surface area contributed by atoms with Gasteiger partial charge in [0.2, 0.25) is 11.6 Å². The van der Waals surface area contributed by atoms with Gasteiger partial charge < -0.3 is 14.2 Å². The number of nitrogens with zero attached hydrogens (tertiary/aromatic N) is 5. The fraction of sp³-hybridized carbons (Fsp3) is 0.0714. The molecule has 0 fully saturated rings. The average molecular weight is 524 g/mol. The summed E-state index contributed by atoms with van der Waals surface area (Å²) >= 11 is 0. The Morgan fingerprint density at radius 1 is 0.949 bits per heavy atom. The van der Waals surface area contributed by atoms with Crippen LogP contribution in [0.4, 0.5) is 5.69 Å². The van der Waals surface area contributed by atoms with Gasteiger partial charge in [-0.25, -0.2) is 9.97 Å². The van der Waals surface area contributed by atoms with Gasteiger partial charge in [0.05, 0.1) is 36.3 Å². The van der Waals surface area contributed by atoms with E-state index in [2.05, 4.69) is 10.1 Å². The number of pyridine rings is 1. The zero-order chi connectivity index (χ0) is 27.4. The number of rotatable bonds is 8. The fourth-order valence-electron chi connectivity index (χ4n) is 3.85. The smallest absolute Gasteiger partial charge is 0.287 e. The molecule has 5 aromatic rings. The predicted molar refractivity (Wildman–Crippen MR) is 145 cm³/mol. The summed E-state index contributed by atoms with van der Waals surface area (Å²) < 4.78 is 18.1. The molecule has 11 nitrogen and oxygen atoms in total. The van der Waals surface area contributed by atoms with Crippen LogP contribution in [0.5, 0.6) is 23.1 Å². The Morgan fingerprint density at radius 2 is 1.64 bits per heavy atom. The highest BCUT2D eigenvalue weighted by Gasteiger charge is 2.17. The van der Waals surface area contributed by atoms with E-state index in [-0.39, 0.29) is 22.9 Å². The molecular weight excluding hydrogens is 502 g/mol. The van der Waals surface area contributed by atoms with Crippen molar-refractivity contribution in [3.8, 4) is 34.5 Å². The highest BCUT2D eigenvalue weighted by molar-refractivity contribution is 5.84. The first-order valence-corrected chi connectivity index (χ1v) is 11.6. The zero-order valence-electron chi connectivity index (χ0n) is 20.8. The van der Waals surface area contributed by atoms with Crippen molar-refractivity contribution in [2.24, 2.45) is 5.10 Å². The lowest BCUT2D eigenvalue weighted by Crippen LogP contribution is -2.20.